The summed E-state index contributed by atoms with van der Waals surface area (Å²) in [6.45, 7) is 0. The highest BCUT2D eigenvalue weighted by Crippen LogP contribution is 2.47. The fourth-order valence-electron chi connectivity index (χ4n) is 5.18. The zero-order valence-electron chi connectivity index (χ0n) is 39.5. The van der Waals surface area contributed by atoms with E-state index in [1.165, 1.54) is 0 Å². The number of hydrogen-bond donors (Lipinski definition) is 0. The van der Waals surface area contributed by atoms with E-state index in [2.05, 4.69) is 0 Å². The first-order valence-electron chi connectivity index (χ1n) is 21.8. The zero-order valence-corrected chi connectivity index (χ0v) is 20.5. The third kappa shape index (κ3) is 3.54. The molecule has 8 rings (SSSR count). The summed E-state index contributed by atoms with van der Waals surface area (Å²) in [4.78, 5) is 0. The normalized spacial score (nSPS) is 18.1. The molecule has 0 atom stereocenters. The first kappa shape index (κ1) is 10.8. The van der Waals surface area contributed by atoms with E-state index >= 15 is 0 Å². The third-order valence-corrected chi connectivity index (χ3v) is 6.87. The van der Waals surface area contributed by atoms with Crippen LogP contribution in [0.4, 0.5) is 0 Å². The zero-order chi connectivity index (χ0) is 43.0. The molecule has 40 heavy (non-hydrogen) atoms. The topological polar surface area (TPSA) is 0 Å². The van der Waals surface area contributed by atoms with Crippen LogP contribution >= 0.6 is 0 Å². The van der Waals surface area contributed by atoms with Gasteiger partial charge in [0.05, 0.1) is 26.0 Å². The summed E-state index contributed by atoms with van der Waals surface area (Å²) >= 11 is 0. The Morgan fingerprint density at radius 3 is 1.62 bits per heavy atom. The first-order valence-corrected chi connectivity index (χ1v) is 12.3. The predicted molar refractivity (Wildman–Crippen MR) is 173 cm³/mol. The predicted octanol–water partition coefficient (Wildman–Crippen LogP) is 11.3. The van der Waals surface area contributed by atoms with Gasteiger partial charge in [0, 0.05) is 0 Å². The van der Waals surface area contributed by atoms with E-state index in [1.807, 2.05) is 0 Å². The molecule has 0 unspecified atom stereocenters. The maximum absolute atomic E-state index is 9.41. The summed E-state index contributed by atoms with van der Waals surface area (Å²) in [6.07, 6.45) is 0. The average Bonchev–Trinajstić information content (AvgIpc) is 3.23. The molecule has 8 aromatic carbocycles. The molecule has 0 aliphatic carbocycles. The van der Waals surface area contributed by atoms with Crippen LogP contribution in [0.3, 0.4) is 0 Å². The molecule has 0 saturated carbocycles. The van der Waals surface area contributed by atoms with Crippen molar-refractivity contribution in [3.05, 3.63) is 157 Å². The van der Waals surface area contributed by atoms with Gasteiger partial charge >= 0.3 is 0 Å². The fraction of sp³-hybridized carbons (Fsp3) is 0. The smallest absolute Gasteiger partial charge is 0.0616 e. The summed E-state index contributed by atoms with van der Waals surface area (Å²) in [5, 5.41) is -1.12. The molecule has 0 saturated heterocycles. The lowest BCUT2D eigenvalue weighted by molar-refractivity contribution is 1.62. The van der Waals surface area contributed by atoms with Crippen molar-refractivity contribution in [2.75, 3.05) is 0 Å². The van der Waals surface area contributed by atoms with E-state index in [9.17, 15) is 9.60 Å². The van der Waals surface area contributed by atoms with Crippen LogP contribution in [-0.4, -0.2) is 0 Å². The average molecular weight is 526 g/mol. The van der Waals surface area contributed by atoms with Gasteiger partial charge in [-0.1, -0.05) is 151 Å². The van der Waals surface area contributed by atoms with Crippen LogP contribution in [-0.2, 0) is 0 Å². The molecule has 0 aliphatic heterocycles. The van der Waals surface area contributed by atoms with Crippen molar-refractivity contribution in [1.82, 2.24) is 0 Å². The molecule has 0 fully saturated rings. The second kappa shape index (κ2) is 9.22. The summed E-state index contributed by atoms with van der Waals surface area (Å²) in [6, 6.07) is -2.70. The van der Waals surface area contributed by atoms with E-state index in [1.54, 1.807) is 42.5 Å². The van der Waals surface area contributed by atoms with Crippen molar-refractivity contribution >= 4 is 43.1 Å². The molecule has 0 spiro atoms. The highest BCUT2D eigenvalue weighted by Gasteiger charge is 2.19. The molecule has 0 N–H and O–H groups in total. The van der Waals surface area contributed by atoms with Gasteiger partial charge in [0.1, 0.15) is 0 Å². The van der Waals surface area contributed by atoms with Gasteiger partial charge in [0.25, 0.3) is 0 Å². The summed E-state index contributed by atoms with van der Waals surface area (Å²) < 4.78 is 170. The van der Waals surface area contributed by atoms with Crippen molar-refractivity contribution in [3.63, 3.8) is 0 Å². The lowest BCUT2D eigenvalue weighted by atomic mass is 9.83. The lowest BCUT2D eigenvalue weighted by Crippen LogP contribution is -1.93. The SMILES string of the molecule is [2H]c1c([2H])c([2H])c(-c2c3c([2H])c([2H])c([2H])c([2H])c3c(-c3cccc4ccccc34)c3c([2H])c([2H])c([2H])c([2H])c23)c(-c2c([2H])c([2H])c3c([2H])c([2H])c([2H])c([2H])c3c2[2H])c1[2H]. The number of fused-ring (bicyclic) bond motifs is 4. The highest BCUT2D eigenvalue weighted by molar-refractivity contribution is 6.24. The van der Waals surface area contributed by atoms with E-state index in [-0.39, 0.29) is 16.3 Å². The molecule has 0 bridgehead atoms. The number of rotatable bonds is 3. The first-order chi connectivity index (χ1) is 27.8. The second-order valence-electron chi connectivity index (χ2n) is 9.03. The molecule has 0 heteroatoms. The Bertz CT molecular complexity index is 3180. The molecule has 0 aromatic heterocycles. The highest BCUT2D eigenvalue weighted by atomic mass is 14.2. The third-order valence-electron chi connectivity index (χ3n) is 6.87. The molecular formula is C40H26. The van der Waals surface area contributed by atoms with Gasteiger partial charge in [-0.25, -0.2) is 0 Å². The van der Waals surface area contributed by atoms with Crippen LogP contribution < -0.4 is 0 Å². The van der Waals surface area contributed by atoms with Crippen molar-refractivity contribution in [2.45, 2.75) is 0 Å². The number of benzene rings is 8. The van der Waals surface area contributed by atoms with Crippen LogP contribution in [0.5, 0.6) is 0 Å². The molecule has 8 aromatic rings. The largest absolute Gasteiger partial charge is 0.0636 e. The maximum atomic E-state index is 9.41. The molecule has 0 heterocycles. The summed E-state index contributed by atoms with van der Waals surface area (Å²) in [5.74, 6) is 0. The van der Waals surface area contributed by atoms with Gasteiger partial charge in [-0.05, 0) is 82.5 Å². The Labute approximate surface area is 260 Å². The Hall–Kier alpha value is -5.20. The summed E-state index contributed by atoms with van der Waals surface area (Å²) in [7, 11) is 0. The van der Waals surface area contributed by atoms with Crippen molar-refractivity contribution < 1.29 is 26.0 Å². The van der Waals surface area contributed by atoms with Crippen LogP contribution in [0.25, 0.3) is 76.5 Å². The molecule has 0 radical (unpaired) electrons. The quantitative estimate of drug-likeness (QED) is 0.201. The van der Waals surface area contributed by atoms with Gasteiger partial charge in [-0.15, -0.1) is 0 Å². The molecular weight excluding hydrogens is 480 g/mol. The molecule has 0 aliphatic rings. The molecule has 0 amide bonds. The fourth-order valence-corrected chi connectivity index (χ4v) is 5.18. The van der Waals surface area contributed by atoms with Gasteiger partial charge in [-0.3, -0.25) is 0 Å². The van der Waals surface area contributed by atoms with Crippen molar-refractivity contribution in [2.24, 2.45) is 0 Å². The van der Waals surface area contributed by atoms with Gasteiger partial charge < -0.3 is 0 Å². The minimum absolute atomic E-state index is 0.0190. The van der Waals surface area contributed by atoms with Gasteiger partial charge in [0.2, 0.25) is 0 Å². The van der Waals surface area contributed by atoms with E-state index < -0.39 is 159 Å². The van der Waals surface area contributed by atoms with Crippen LogP contribution in [0.1, 0.15) is 26.0 Å². The van der Waals surface area contributed by atoms with E-state index in [0.717, 1.165) is 0 Å². The Balaban J connectivity index is 1.76. The number of hydrogen-bond acceptors (Lipinski definition) is 0. The maximum Gasteiger partial charge on any atom is 0.0636 e. The minimum atomic E-state index is -0.899. The molecule has 186 valence electrons. The standard InChI is InChI=1S/C40H26/c1-2-14-29-26-30(25-24-27(29)12-1)32-17-5-6-18-33(32)39-35-19-7-9-21-37(35)40(38-22-10-8-20-36(38)39)34-23-11-15-28-13-3-4-16-31(28)34/h1-26H/i1D,2D,5D,6D,7D,8D,9D,10D,12D,14D,17D,18D,19D,20D,21D,22D,24D,25D,26D. The monoisotopic (exact) mass is 525 g/mol. The molecule has 0 nitrogen and oxygen atoms in total. The van der Waals surface area contributed by atoms with Crippen molar-refractivity contribution in [1.29, 1.82) is 0 Å². The van der Waals surface area contributed by atoms with Crippen LogP contribution in [0, 0.1) is 0 Å². The van der Waals surface area contributed by atoms with E-state index in [0.29, 0.717) is 16.3 Å². The Kier molecular flexibility index (Phi) is 2.48. The minimum Gasteiger partial charge on any atom is -0.0616 e. The van der Waals surface area contributed by atoms with Gasteiger partial charge in [0.15, 0.2) is 0 Å². The van der Waals surface area contributed by atoms with Crippen molar-refractivity contribution in [3.8, 4) is 33.4 Å². The lowest BCUT2D eigenvalue weighted by Gasteiger charge is -2.20. The Morgan fingerprint density at radius 2 is 0.900 bits per heavy atom. The van der Waals surface area contributed by atoms with Gasteiger partial charge in [-0.2, -0.15) is 0 Å². The Morgan fingerprint density at radius 1 is 0.350 bits per heavy atom. The summed E-state index contributed by atoms with van der Waals surface area (Å²) in [5.41, 5.74) is -2.19. The van der Waals surface area contributed by atoms with E-state index in [4.69, 9.17) is 16.4 Å². The second-order valence-corrected chi connectivity index (χ2v) is 9.03. The van der Waals surface area contributed by atoms with Crippen LogP contribution in [0.2, 0.25) is 0 Å². The van der Waals surface area contributed by atoms with Crippen LogP contribution in [0.15, 0.2) is 157 Å².